The Balaban J connectivity index is 1.68. The van der Waals surface area contributed by atoms with Gasteiger partial charge in [0, 0.05) is 19.1 Å². The van der Waals surface area contributed by atoms with Gasteiger partial charge in [-0.2, -0.15) is 0 Å². The Morgan fingerprint density at radius 1 is 1.44 bits per heavy atom. The van der Waals surface area contributed by atoms with E-state index in [4.69, 9.17) is 5.11 Å². The maximum atomic E-state index is 13.8. The van der Waals surface area contributed by atoms with Crippen LogP contribution in [0.2, 0.25) is 0 Å². The molecule has 0 aromatic carbocycles. The number of alkyl halides is 2. The minimum atomic E-state index is -2.68. The van der Waals surface area contributed by atoms with Gasteiger partial charge in [-0.3, -0.25) is 9.69 Å². The number of fused-ring (bicyclic) bond motifs is 1. The summed E-state index contributed by atoms with van der Waals surface area (Å²) in [7, 11) is 0. The number of hydrogen-bond acceptors (Lipinski definition) is 3. The predicted octanol–water partition coefficient (Wildman–Crippen LogP) is 0.923. The second-order valence-corrected chi connectivity index (χ2v) is 6.02. The molecule has 2 atom stereocenters. The normalized spacial score (nSPS) is 36.6. The lowest BCUT2D eigenvalue weighted by Gasteiger charge is -2.31. The molecule has 6 heteroatoms. The SMILES string of the molecule is O=C(O)CC1(CN2CCC3NCC(F)(F)C32)CC1. The third kappa shape index (κ3) is 2.01. The lowest BCUT2D eigenvalue weighted by Crippen LogP contribution is -2.47. The van der Waals surface area contributed by atoms with Crippen molar-refractivity contribution in [2.75, 3.05) is 19.6 Å². The number of nitrogens with zero attached hydrogens (tertiary/aromatic N) is 1. The summed E-state index contributed by atoms with van der Waals surface area (Å²) in [6, 6.07) is -0.857. The van der Waals surface area contributed by atoms with Crippen molar-refractivity contribution in [1.29, 1.82) is 0 Å². The van der Waals surface area contributed by atoms with Gasteiger partial charge in [0.1, 0.15) is 0 Å². The summed E-state index contributed by atoms with van der Waals surface area (Å²) in [5.41, 5.74) is -0.237. The van der Waals surface area contributed by atoms with E-state index in [-0.39, 0.29) is 24.4 Å². The number of carboxylic acids is 1. The monoisotopic (exact) mass is 260 g/mol. The molecule has 0 aromatic rings. The molecule has 0 spiro atoms. The van der Waals surface area contributed by atoms with Crippen LogP contribution in [0.5, 0.6) is 0 Å². The van der Waals surface area contributed by atoms with Crippen molar-refractivity contribution in [3.05, 3.63) is 0 Å². The van der Waals surface area contributed by atoms with E-state index in [9.17, 15) is 13.6 Å². The van der Waals surface area contributed by atoms with Gasteiger partial charge in [-0.05, 0) is 24.7 Å². The van der Waals surface area contributed by atoms with Crippen LogP contribution < -0.4 is 5.32 Å². The topological polar surface area (TPSA) is 52.6 Å². The fourth-order valence-corrected chi connectivity index (χ4v) is 3.50. The summed E-state index contributed by atoms with van der Waals surface area (Å²) in [6.07, 6.45) is 2.56. The van der Waals surface area contributed by atoms with E-state index < -0.39 is 17.9 Å². The first-order chi connectivity index (χ1) is 8.42. The average molecular weight is 260 g/mol. The van der Waals surface area contributed by atoms with Gasteiger partial charge in [0.15, 0.2) is 0 Å². The van der Waals surface area contributed by atoms with E-state index in [2.05, 4.69) is 5.32 Å². The van der Waals surface area contributed by atoms with E-state index >= 15 is 0 Å². The van der Waals surface area contributed by atoms with Crippen molar-refractivity contribution in [3.63, 3.8) is 0 Å². The Bertz CT molecular complexity index is 371. The summed E-state index contributed by atoms with van der Waals surface area (Å²) < 4.78 is 27.6. The number of rotatable bonds is 4. The van der Waals surface area contributed by atoms with Gasteiger partial charge in [0.25, 0.3) is 5.92 Å². The molecule has 3 fully saturated rings. The maximum Gasteiger partial charge on any atom is 0.303 e. The molecule has 4 nitrogen and oxygen atoms in total. The van der Waals surface area contributed by atoms with Crippen molar-refractivity contribution in [3.8, 4) is 0 Å². The maximum absolute atomic E-state index is 13.8. The molecule has 1 aliphatic carbocycles. The quantitative estimate of drug-likeness (QED) is 0.789. The molecule has 0 aromatic heterocycles. The van der Waals surface area contributed by atoms with Crippen molar-refractivity contribution in [2.45, 2.75) is 43.7 Å². The summed E-state index contributed by atoms with van der Waals surface area (Å²) in [6.45, 7) is 0.918. The van der Waals surface area contributed by atoms with E-state index in [1.54, 1.807) is 0 Å². The second-order valence-electron chi connectivity index (χ2n) is 6.02. The Hall–Kier alpha value is -0.750. The molecule has 2 unspecified atom stereocenters. The number of carbonyl (C=O) groups is 1. The van der Waals surface area contributed by atoms with Gasteiger partial charge in [0.05, 0.1) is 19.0 Å². The zero-order chi connectivity index (χ0) is 13.0. The van der Waals surface area contributed by atoms with Gasteiger partial charge in [-0.15, -0.1) is 0 Å². The van der Waals surface area contributed by atoms with Crippen LogP contribution in [0.4, 0.5) is 8.78 Å². The largest absolute Gasteiger partial charge is 0.481 e. The van der Waals surface area contributed by atoms with Crippen LogP contribution in [0.25, 0.3) is 0 Å². The summed E-state index contributed by atoms with van der Waals surface area (Å²) in [5, 5.41) is 11.8. The summed E-state index contributed by atoms with van der Waals surface area (Å²) in [5.74, 6) is -3.50. The molecule has 3 rings (SSSR count). The van der Waals surface area contributed by atoms with E-state index in [0.717, 1.165) is 19.3 Å². The number of carboxylic acid groups (broad SMARTS) is 1. The summed E-state index contributed by atoms with van der Waals surface area (Å²) >= 11 is 0. The van der Waals surface area contributed by atoms with Crippen molar-refractivity contribution in [2.24, 2.45) is 5.41 Å². The Morgan fingerprint density at radius 2 is 2.17 bits per heavy atom. The second kappa shape index (κ2) is 3.87. The Labute approximate surface area is 104 Å². The Kier molecular flexibility index (Phi) is 2.64. The molecule has 3 aliphatic rings. The van der Waals surface area contributed by atoms with Crippen LogP contribution in [0.1, 0.15) is 25.7 Å². The number of halogens is 2. The molecular formula is C12H18F2N2O2. The number of likely N-dealkylation sites (tertiary alicyclic amines) is 1. The standard InChI is InChI=1S/C12H18F2N2O2/c13-12(14)6-15-8-1-4-16(10(8)12)7-11(2-3-11)5-9(17)18/h8,10,15H,1-7H2,(H,17,18). The number of aliphatic carboxylic acids is 1. The molecular weight excluding hydrogens is 242 g/mol. The zero-order valence-electron chi connectivity index (χ0n) is 10.2. The van der Waals surface area contributed by atoms with Crippen molar-refractivity contribution < 1.29 is 18.7 Å². The molecule has 2 saturated heterocycles. The molecule has 102 valence electrons. The highest BCUT2D eigenvalue weighted by atomic mass is 19.3. The lowest BCUT2D eigenvalue weighted by molar-refractivity contribution is -0.138. The van der Waals surface area contributed by atoms with E-state index in [0.29, 0.717) is 13.1 Å². The van der Waals surface area contributed by atoms with Crippen LogP contribution in [0, 0.1) is 5.41 Å². The Morgan fingerprint density at radius 3 is 2.78 bits per heavy atom. The first kappa shape index (κ1) is 12.3. The number of hydrogen-bond donors (Lipinski definition) is 2. The van der Waals surface area contributed by atoms with E-state index in [1.807, 2.05) is 4.90 Å². The molecule has 2 aliphatic heterocycles. The highest BCUT2D eigenvalue weighted by molar-refractivity contribution is 5.68. The lowest BCUT2D eigenvalue weighted by atomic mass is 10.0. The number of nitrogens with one attached hydrogen (secondary N) is 1. The molecule has 0 amide bonds. The highest BCUT2D eigenvalue weighted by Gasteiger charge is 2.58. The third-order valence-corrected chi connectivity index (χ3v) is 4.56. The first-order valence-electron chi connectivity index (χ1n) is 6.49. The molecule has 1 saturated carbocycles. The van der Waals surface area contributed by atoms with E-state index in [1.165, 1.54) is 0 Å². The van der Waals surface area contributed by atoms with Crippen molar-refractivity contribution >= 4 is 5.97 Å². The van der Waals surface area contributed by atoms with Gasteiger partial charge >= 0.3 is 5.97 Å². The fourth-order valence-electron chi connectivity index (χ4n) is 3.50. The molecule has 18 heavy (non-hydrogen) atoms. The molecule has 2 N–H and O–H groups in total. The van der Waals surface area contributed by atoms with Crippen LogP contribution in [-0.4, -0.2) is 53.6 Å². The molecule has 0 bridgehead atoms. The smallest absolute Gasteiger partial charge is 0.303 e. The highest BCUT2D eigenvalue weighted by Crippen LogP contribution is 2.51. The molecule has 2 heterocycles. The van der Waals surface area contributed by atoms with Crippen LogP contribution in [-0.2, 0) is 4.79 Å². The third-order valence-electron chi connectivity index (χ3n) is 4.56. The van der Waals surface area contributed by atoms with Crippen LogP contribution >= 0.6 is 0 Å². The van der Waals surface area contributed by atoms with Crippen molar-refractivity contribution in [1.82, 2.24) is 10.2 Å². The fraction of sp³-hybridized carbons (Fsp3) is 0.917. The van der Waals surface area contributed by atoms with Gasteiger partial charge in [0.2, 0.25) is 0 Å². The first-order valence-corrected chi connectivity index (χ1v) is 6.49. The van der Waals surface area contributed by atoms with Crippen LogP contribution in [0.15, 0.2) is 0 Å². The van der Waals surface area contributed by atoms with Crippen LogP contribution in [0.3, 0.4) is 0 Å². The summed E-state index contributed by atoms with van der Waals surface area (Å²) in [4.78, 5) is 12.6. The molecule has 0 radical (unpaired) electrons. The minimum Gasteiger partial charge on any atom is -0.481 e. The van der Waals surface area contributed by atoms with Gasteiger partial charge in [-0.1, -0.05) is 0 Å². The average Bonchev–Trinajstić information content (AvgIpc) is 2.75. The predicted molar refractivity (Wildman–Crippen MR) is 60.6 cm³/mol. The van der Waals surface area contributed by atoms with Gasteiger partial charge < -0.3 is 10.4 Å². The minimum absolute atomic E-state index is 0.111. The zero-order valence-corrected chi connectivity index (χ0v) is 10.2. The van der Waals surface area contributed by atoms with Gasteiger partial charge in [-0.25, -0.2) is 8.78 Å².